The van der Waals surface area contributed by atoms with E-state index in [1.54, 1.807) is 0 Å². The molecule has 1 aromatic heterocycles. The summed E-state index contributed by atoms with van der Waals surface area (Å²) in [5.41, 5.74) is 2.44. The number of aromatic nitrogens is 2. The van der Waals surface area contributed by atoms with E-state index in [2.05, 4.69) is 43.7 Å². The van der Waals surface area contributed by atoms with Crippen molar-refractivity contribution in [3.63, 3.8) is 0 Å². The van der Waals surface area contributed by atoms with Crippen LogP contribution < -0.4 is 0 Å². The second-order valence-electron chi connectivity index (χ2n) is 3.90. The van der Waals surface area contributed by atoms with Crippen molar-refractivity contribution in [2.24, 2.45) is 0 Å². The van der Waals surface area contributed by atoms with Gasteiger partial charge in [0.1, 0.15) is 0 Å². The van der Waals surface area contributed by atoms with E-state index in [1.165, 1.54) is 24.1 Å². The Morgan fingerprint density at radius 1 is 1.27 bits per heavy atom. The van der Waals surface area contributed by atoms with Gasteiger partial charge in [0.25, 0.3) is 0 Å². The average Bonchev–Trinajstić information content (AvgIpc) is 2.98. The molecule has 0 bridgehead atoms. The molecule has 0 radical (unpaired) electrons. The summed E-state index contributed by atoms with van der Waals surface area (Å²) in [6.45, 7) is 0. The van der Waals surface area contributed by atoms with Gasteiger partial charge in [-0.1, -0.05) is 34.1 Å². The fraction of sp³-hybridized carbons (Fsp3) is 0.250. The Balaban J connectivity index is 2.12. The van der Waals surface area contributed by atoms with Gasteiger partial charge in [-0.25, -0.2) is 4.98 Å². The van der Waals surface area contributed by atoms with Gasteiger partial charge in [0.15, 0.2) is 0 Å². The molecule has 1 aliphatic rings. The predicted molar refractivity (Wildman–Crippen MR) is 63.6 cm³/mol. The van der Waals surface area contributed by atoms with Gasteiger partial charge in [-0.2, -0.15) is 0 Å². The third-order valence-corrected chi connectivity index (χ3v) is 3.45. The van der Waals surface area contributed by atoms with Crippen molar-refractivity contribution < 1.29 is 0 Å². The standard InChI is InChI=1S/C12H11BrN2/c13-11-4-2-1-3-10(11)12-7-14-8-15(12)9-5-6-9/h1-4,7-9H,5-6H2. The van der Waals surface area contributed by atoms with Gasteiger partial charge in [-0.05, 0) is 18.9 Å². The van der Waals surface area contributed by atoms with Crippen molar-refractivity contribution in [3.05, 3.63) is 41.3 Å². The zero-order chi connectivity index (χ0) is 10.3. The minimum atomic E-state index is 0.676. The number of halogens is 1. The quantitative estimate of drug-likeness (QED) is 0.808. The van der Waals surface area contributed by atoms with E-state index in [-0.39, 0.29) is 0 Å². The van der Waals surface area contributed by atoms with Crippen molar-refractivity contribution in [2.45, 2.75) is 18.9 Å². The molecule has 0 atom stereocenters. The smallest absolute Gasteiger partial charge is 0.0953 e. The van der Waals surface area contributed by atoms with Crippen LogP contribution in [0.2, 0.25) is 0 Å². The van der Waals surface area contributed by atoms with E-state index in [0.717, 1.165) is 4.47 Å². The summed E-state index contributed by atoms with van der Waals surface area (Å²) in [6, 6.07) is 8.96. The van der Waals surface area contributed by atoms with Crippen molar-refractivity contribution in [1.82, 2.24) is 9.55 Å². The molecule has 15 heavy (non-hydrogen) atoms. The molecule has 0 spiro atoms. The van der Waals surface area contributed by atoms with Crippen LogP contribution in [-0.4, -0.2) is 9.55 Å². The predicted octanol–water partition coefficient (Wildman–Crippen LogP) is 3.65. The molecule has 3 heteroatoms. The highest BCUT2D eigenvalue weighted by Gasteiger charge is 2.25. The first-order chi connectivity index (χ1) is 7.36. The summed E-state index contributed by atoms with van der Waals surface area (Å²) in [4.78, 5) is 4.24. The summed E-state index contributed by atoms with van der Waals surface area (Å²) >= 11 is 3.58. The number of nitrogens with zero attached hydrogens (tertiary/aromatic N) is 2. The van der Waals surface area contributed by atoms with Gasteiger partial charge < -0.3 is 4.57 Å². The summed E-state index contributed by atoms with van der Waals surface area (Å²) < 4.78 is 3.41. The molecule has 0 N–H and O–H groups in total. The summed E-state index contributed by atoms with van der Waals surface area (Å²) in [5, 5.41) is 0. The van der Waals surface area contributed by atoms with Crippen LogP contribution in [0.5, 0.6) is 0 Å². The van der Waals surface area contributed by atoms with E-state index in [9.17, 15) is 0 Å². The molecule has 76 valence electrons. The van der Waals surface area contributed by atoms with Crippen LogP contribution in [0, 0.1) is 0 Å². The molecule has 0 unspecified atom stereocenters. The van der Waals surface area contributed by atoms with Crippen LogP contribution in [0.3, 0.4) is 0 Å². The lowest BCUT2D eigenvalue weighted by atomic mass is 10.2. The maximum absolute atomic E-state index is 4.24. The Morgan fingerprint density at radius 2 is 2.07 bits per heavy atom. The van der Waals surface area contributed by atoms with Crippen LogP contribution in [0.15, 0.2) is 41.3 Å². The average molecular weight is 263 g/mol. The lowest BCUT2D eigenvalue weighted by Crippen LogP contribution is -1.94. The fourth-order valence-corrected chi connectivity index (χ4v) is 2.31. The molecule has 0 saturated heterocycles. The Kier molecular flexibility index (Phi) is 2.13. The molecule has 1 heterocycles. The minimum absolute atomic E-state index is 0.676. The Bertz CT molecular complexity index is 486. The first kappa shape index (κ1) is 9.16. The Morgan fingerprint density at radius 3 is 2.80 bits per heavy atom. The molecule has 0 aliphatic heterocycles. The molecular weight excluding hydrogens is 252 g/mol. The van der Waals surface area contributed by atoms with Crippen LogP contribution in [0.4, 0.5) is 0 Å². The molecule has 1 aromatic carbocycles. The Hall–Kier alpha value is -1.09. The molecule has 1 saturated carbocycles. The first-order valence-electron chi connectivity index (χ1n) is 5.13. The van der Waals surface area contributed by atoms with E-state index in [0.29, 0.717) is 6.04 Å². The zero-order valence-electron chi connectivity index (χ0n) is 8.23. The highest BCUT2D eigenvalue weighted by atomic mass is 79.9. The molecule has 1 fully saturated rings. The van der Waals surface area contributed by atoms with Gasteiger partial charge >= 0.3 is 0 Å². The van der Waals surface area contributed by atoms with Crippen molar-refractivity contribution in [1.29, 1.82) is 0 Å². The number of rotatable bonds is 2. The third-order valence-electron chi connectivity index (χ3n) is 2.76. The Labute approximate surface area is 97.1 Å². The van der Waals surface area contributed by atoms with Gasteiger partial charge in [-0.3, -0.25) is 0 Å². The third kappa shape index (κ3) is 1.61. The summed E-state index contributed by atoms with van der Waals surface area (Å²) in [5.74, 6) is 0. The first-order valence-corrected chi connectivity index (χ1v) is 5.92. The number of hydrogen-bond donors (Lipinski definition) is 0. The molecular formula is C12H11BrN2. The molecule has 2 nitrogen and oxygen atoms in total. The van der Waals surface area contributed by atoms with Gasteiger partial charge in [-0.15, -0.1) is 0 Å². The maximum Gasteiger partial charge on any atom is 0.0953 e. The molecule has 2 aromatic rings. The maximum atomic E-state index is 4.24. The van der Waals surface area contributed by atoms with E-state index < -0.39 is 0 Å². The van der Waals surface area contributed by atoms with Crippen LogP contribution in [-0.2, 0) is 0 Å². The monoisotopic (exact) mass is 262 g/mol. The van der Waals surface area contributed by atoms with Crippen LogP contribution >= 0.6 is 15.9 Å². The highest BCUT2D eigenvalue weighted by Crippen LogP contribution is 2.39. The van der Waals surface area contributed by atoms with Crippen molar-refractivity contribution in [2.75, 3.05) is 0 Å². The van der Waals surface area contributed by atoms with Crippen LogP contribution in [0.1, 0.15) is 18.9 Å². The SMILES string of the molecule is Brc1ccccc1-c1cncn1C1CC1. The normalized spacial score (nSPS) is 15.5. The number of imidazole rings is 1. The fourth-order valence-electron chi connectivity index (χ4n) is 1.83. The molecule has 1 aliphatic carbocycles. The van der Waals surface area contributed by atoms with Crippen molar-refractivity contribution >= 4 is 15.9 Å². The zero-order valence-corrected chi connectivity index (χ0v) is 9.81. The lowest BCUT2D eigenvalue weighted by molar-refractivity contribution is 0.747. The van der Waals surface area contributed by atoms with Gasteiger partial charge in [0.2, 0.25) is 0 Å². The van der Waals surface area contributed by atoms with Crippen molar-refractivity contribution in [3.8, 4) is 11.3 Å². The summed E-state index contributed by atoms with van der Waals surface area (Å²) in [6.07, 6.45) is 6.45. The van der Waals surface area contributed by atoms with E-state index >= 15 is 0 Å². The van der Waals surface area contributed by atoms with E-state index in [4.69, 9.17) is 0 Å². The van der Waals surface area contributed by atoms with Crippen LogP contribution in [0.25, 0.3) is 11.3 Å². The second-order valence-corrected chi connectivity index (χ2v) is 4.75. The largest absolute Gasteiger partial charge is 0.327 e. The summed E-state index contributed by atoms with van der Waals surface area (Å²) in [7, 11) is 0. The number of benzene rings is 1. The minimum Gasteiger partial charge on any atom is -0.327 e. The molecule has 3 rings (SSSR count). The number of hydrogen-bond acceptors (Lipinski definition) is 1. The van der Waals surface area contributed by atoms with E-state index in [1.807, 2.05) is 18.6 Å². The highest BCUT2D eigenvalue weighted by molar-refractivity contribution is 9.10. The van der Waals surface area contributed by atoms with Gasteiger partial charge in [0, 0.05) is 16.1 Å². The lowest BCUT2D eigenvalue weighted by Gasteiger charge is -2.07. The van der Waals surface area contributed by atoms with Gasteiger partial charge in [0.05, 0.1) is 18.2 Å². The second kappa shape index (κ2) is 3.49. The molecule has 0 amide bonds. The topological polar surface area (TPSA) is 17.8 Å².